The van der Waals surface area contributed by atoms with E-state index in [0.717, 1.165) is 11.4 Å². The van der Waals surface area contributed by atoms with E-state index >= 15 is 0 Å². The Morgan fingerprint density at radius 1 is 1.42 bits per heavy atom. The number of anilines is 1. The Kier molecular flexibility index (Phi) is 4.39. The first kappa shape index (κ1) is 13.8. The number of aliphatic hydroxyl groups excluding tert-OH is 1. The third-order valence-corrected chi connectivity index (χ3v) is 2.92. The van der Waals surface area contributed by atoms with Crippen LogP contribution in [0.3, 0.4) is 0 Å². The van der Waals surface area contributed by atoms with Crippen molar-refractivity contribution in [2.75, 3.05) is 11.9 Å². The SMILES string of the molecule is CC(C)Oc1ccc(NC(=O)C2CC(O)CN2)cc1. The number of rotatable bonds is 4. The molecule has 104 valence electrons. The number of hydrogen-bond acceptors (Lipinski definition) is 4. The average Bonchev–Trinajstić information content (AvgIpc) is 2.78. The third-order valence-electron chi connectivity index (χ3n) is 2.92. The molecule has 1 saturated heterocycles. The summed E-state index contributed by atoms with van der Waals surface area (Å²) in [5.74, 6) is 0.663. The maximum absolute atomic E-state index is 11.9. The summed E-state index contributed by atoms with van der Waals surface area (Å²) in [7, 11) is 0. The van der Waals surface area contributed by atoms with Crippen LogP contribution in [0.5, 0.6) is 5.75 Å². The predicted octanol–water partition coefficient (Wildman–Crippen LogP) is 1.14. The molecule has 1 aromatic carbocycles. The minimum atomic E-state index is -0.433. The van der Waals surface area contributed by atoms with E-state index in [4.69, 9.17) is 4.74 Å². The molecular weight excluding hydrogens is 244 g/mol. The zero-order valence-electron chi connectivity index (χ0n) is 11.2. The van der Waals surface area contributed by atoms with E-state index in [0.29, 0.717) is 13.0 Å². The number of ether oxygens (including phenoxy) is 1. The fourth-order valence-corrected chi connectivity index (χ4v) is 2.04. The molecule has 1 aromatic rings. The molecule has 0 bridgehead atoms. The van der Waals surface area contributed by atoms with Crippen molar-refractivity contribution in [3.8, 4) is 5.75 Å². The van der Waals surface area contributed by atoms with E-state index in [1.165, 1.54) is 0 Å². The van der Waals surface area contributed by atoms with Crippen molar-refractivity contribution in [3.63, 3.8) is 0 Å². The van der Waals surface area contributed by atoms with Gasteiger partial charge in [0.25, 0.3) is 0 Å². The van der Waals surface area contributed by atoms with Crippen LogP contribution in [0.1, 0.15) is 20.3 Å². The van der Waals surface area contributed by atoms with Gasteiger partial charge in [0.15, 0.2) is 0 Å². The lowest BCUT2D eigenvalue weighted by atomic mass is 10.2. The van der Waals surface area contributed by atoms with Crippen LogP contribution in [0.2, 0.25) is 0 Å². The number of hydrogen-bond donors (Lipinski definition) is 3. The number of nitrogens with one attached hydrogen (secondary N) is 2. The number of carbonyl (C=O) groups is 1. The lowest BCUT2D eigenvalue weighted by Crippen LogP contribution is -2.35. The van der Waals surface area contributed by atoms with E-state index < -0.39 is 6.10 Å². The van der Waals surface area contributed by atoms with Crippen molar-refractivity contribution >= 4 is 11.6 Å². The molecule has 19 heavy (non-hydrogen) atoms. The standard InChI is InChI=1S/C14H20N2O3/c1-9(2)19-12-5-3-10(4-6-12)16-14(18)13-7-11(17)8-15-13/h3-6,9,11,13,15,17H,7-8H2,1-2H3,(H,16,18). The molecule has 2 unspecified atom stereocenters. The first-order valence-electron chi connectivity index (χ1n) is 6.53. The van der Waals surface area contributed by atoms with Crippen LogP contribution in [0.25, 0.3) is 0 Å². The van der Waals surface area contributed by atoms with Crippen LogP contribution in [0, 0.1) is 0 Å². The summed E-state index contributed by atoms with van der Waals surface area (Å²) >= 11 is 0. The maximum atomic E-state index is 11.9. The lowest BCUT2D eigenvalue weighted by molar-refractivity contribution is -0.117. The van der Waals surface area contributed by atoms with E-state index in [2.05, 4.69) is 10.6 Å². The number of amides is 1. The average molecular weight is 264 g/mol. The molecule has 1 heterocycles. The zero-order chi connectivity index (χ0) is 13.8. The predicted molar refractivity (Wildman–Crippen MR) is 73.3 cm³/mol. The molecule has 2 rings (SSSR count). The highest BCUT2D eigenvalue weighted by Gasteiger charge is 2.27. The largest absolute Gasteiger partial charge is 0.491 e. The van der Waals surface area contributed by atoms with E-state index in [9.17, 15) is 9.90 Å². The molecule has 3 N–H and O–H groups in total. The van der Waals surface area contributed by atoms with Gasteiger partial charge in [0.2, 0.25) is 5.91 Å². The Labute approximate surface area is 113 Å². The molecule has 1 aliphatic rings. The third kappa shape index (κ3) is 3.94. The van der Waals surface area contributed by atoms with Crippen LogP contribution >= 0.6 is 0 Å². The van der Waals surface area contributed by atoms with Gasteiger partial charge in [-0.1, -0.05) is 0 Å². The second-order valence-electron chi connectivity index (χ2n) is 5.03. The molecule has 1 aliphatic heterocycles. The summed E-state index contributed by atoms with van der Waals surface area (Å²) in [6.45, 7) is 4.40. The topological polar surface area (TPSA) is 70.6 Å². The monoisotopic (exact) mass is 264 g/mol. The fourth-order valence-electron chi connectivity index (χ4n) is 2.04. The summed E-state index contributed by atoms with van der Waals surface area (Å²) < 4.78 is 5.53. The minimum Gasteiger partial charge on any atom is -0.491 e. The van der Waals surface area contributed by atoms with Gasteiger partial charge < -0.3 is 20.5 Å². The van der Waals surface area contributed by atoms with E-state index in [1.807, 2.05) is 26.0 Å². The molecule has 1 fully saturated rings. The second-order valence-corrected chi connectivity index (χ2v) is 5.03. The van der Waals surface area contributed by atoms with Gasteiger partial charge in [0, 0.05) is 12.2 Å². The molecule has 5 heteroatoms. The molecule has 1 amide bonds. The summed E-state index contributed by atoms with van der Waals surface area (Å²) in [6.07, 6.45) is 0.155. The summed E-state index contributed by atoms with van der Waals surface area (Å²) in [4.78, 5) is 11.9. The molecule has 0 saturated carbocycles. The quantitative estimate of drug-likeness (QED) is 0.762. The fraction of sp³-hybridized carbons (Fsp3) is 0.500. The molecule has 0 spiro atoms. The Morgan fingerprint density at radius 2 is 2.11 bits per heavy atom. The smallest absolute Gasteiger partial charge is 0.241 e. The van der Waals surface area contributed by atoms with Gasteiger partial charge in [0.1, 0.15) is 5.75 Å². The lowest BCUT2D eigenvalue weighted by Gasteiger charge is -2.12. The number of carbonyl (C=O) groups excluding carboxylic acids is 1. The highest BCUT2D eigenvalue weighted by molar-refractivity contribution is 5.95. The second kappa shape index (κ2) is 6.04. The molecule has 2 atom stereocenters. The molecule has 5 nitrogen and oxygen atoms in total. The van der Waals surface area contributed by atoms with Crippen molar-refractivity contribution < 1.29 is 14.6 Å². The first-order chi connectivity index (χ1) is 9.04. The van der Waals surface area contributed by atoms with Crippen molar-refractivity contribution in [2.24, 2.45) is 0 Å². The summed E-state index contributed by atoms with van der Waals surface area (Å²) in [5.41, 5.74) is 0.726. The van der Waals surface area contributed by atoms with Crippen molar-refractivity contribution in [1.82, 2.24) is 5.32 Å². The highest BCUT2D eigenvalue weighted by Crippen LogP contribution is 2.17. The Balaban J connectivity index is 1.90. The number of aliphatic hydroxyl groups is 1. The van der Waals surface area contributed by atoms with Gasteiger partial charge in [-0.25, -0.2) is 0 Å². The van der Waals surface area contributed by atoms with Gasteiger partial charge in [-0.15, -0.1) is 0 Å². The van der Waals surface area contributed by atoms with Crippen LogP contribution in [0.15, 0.2) is 24.3 Å². The van der Waals surface area contributed by atoms with Gasteiger partial charge in [-0.05, 0) is 44.5 Å². The Morgan fingerprint density at radius 3 is 2.63 bits per heavy atom. The van der Waals surface area contributed by atoms with E-state index in [1.54, 1.807) is 12.1 Å². The molecule has 0 aliphatic carbocycles. The van der Waals surface area contributed by atoms with Gasteiger partial charge in [-0.3, -0.25) is 4.79 Å². The first-order valence-corrected chi connectivity index (χ1v) is 6.53. The normalized spacial score (nSPS) is 22.5. The van der Waals surface area contributed by atoms with Gasteiger partial charge in [-0.2, -0.15) is 0 Å². The summed E-state index contributed by atoms with van der Waals surface area (Å²) in [6, 6.07) is 6.95. The van der Waals surface area contributed by atoms with Crippen molar-refractivity contribution in [3.05, 3.63) is 24.3 Å². The van der Waals surface area contributed by atoms with E-state index in [-0.39, 0.29) is 18.1 Å². The van der Waals surface area contributed by atoms with Crippen LogP contribution in [-0.4, -0.2) is 35.8 Å². The van der Waals surface area contributed by atoms with Crippen LogP contribution < -0.4 is 15.4 Å². The molecular formula is C14H20N2O3. The molecule has 0 radical (unpaired) electrons. The van der Waals surface area contributed by atoms with Crippen LogP contribution in [-0.2, 0) is 4.79 Å². The zero-order valence-corrected chi connectivity index (χ0v) is 11.2. The minimum absolute atomic E-state index is 0.117. The Bertz CT molecular complexity index is 431. The number of benzene rings is 1. The van der Waals surface area contributed by atoms with Gasteiger partial charge >= 0.3 is 0 Å². The Hall–Kier alpha value is -1.59. The summed E-state index contributed by atoms with van der Waals surface area (Å²) in [5, 5.41) is 15.2. The number of β-amino-alcohol motifs (C(OH)–C–C–N with tert-alkyl or cyclic N) is 1. The van der Waals surface area contributed by atoms with Crippen LogP contribution in [0.4, 0.5) is 5.69 Å². The van der Waals surface area contributed by atoms with Crippen molar-refractivity contribution in [1.29, 1.82) is 0 Å². The highest BCUT2D eigenvalue weighted by atomic mass is 16.5. The maximum Gasteiger partial charge on any atom is 0.241 e. The van der Waals surface area contributed by atoms with Crippen molar-refractivity contribution in [2.45, 2.75) is 38.5 Å². The van der Waals surface area contributed by atoms with Gasteiger partial charge in [0.05, 0.1) is 18.2 Å². The molecule has 0 aromatic heterocycles.